The Bertz CT molecular complexity index is 404. The highest BCUT2D eigenvalue weighted by Crippen LogP contribution is 2.76. The fourth-order valence-corrected chi connectivity index (χ4v) is 5.36. The van der Waals surface area contributed by atoms with Crippen molar-refractivity contribution in [2.45, 2.75) is 59.2 Å². The zero-order valence-corrected chi connectivity index (χ0v) is 10.8. The summed E-state index contributed by atoms with van der Waals surface area (Å²) < 4.78 is 6.04. The predicted octanol–water partition coefficient (Wildman–Crippen LogP) is 3.55. The Labute approximate surface area is 98.2 Å². The van der Waals surface area contributed by atoms with Gasteiger partial charge in [0.15, 0.2) is 0 Å². The van der Waals surface area contributed by atoms with E-state index in [2.05, 4.69) is 33.8 Å². The first-order chi connectivity index (χ1) is 7.39. The number of allylic oxidation sites excluding steroid dienone is 1. The molecule has 2 saturated carbocycles. The second-order valence-electron chi connectivity index (χ2n) is 7.60. The van der Waals surface area contributed by atoms with E-state index in [0.717, 1.165) is 5.92 Å². The first kappa shape index (κ1) is 9.70. The zero-order valence-electron chi connectivity index (χ0n) is 10.8. The van der Waals surface area contributed by atoms with Crippen LogP contribution in [0.2, 0.25) is 0 Å². The summed E-state index contributed by atoms with van der Waals surface area (Å²) in [7, 11) is 0. The Morgan fingerprint density at radius 3 is 2.69 bits per heavy atom. The highest BCUT2D eigenvalue weighted by Gasteiger charge is 2.74. The molecule has 2 bridgehead atoms. The minimum absolute atomic E-state index is 0.379. The molecule has 1 heterocycles. The second kappa shape index (κ2) is 2.29. The molecule has 3 fully saturated rings. The van der Waals surface area contributed by atoms with E-state index in [0.29, 0.717) is 28.5 Å². The van der Waals surface area contributed by atoms with Gasteiger partial charge in [-0.05, 0) is 36.0 Å². The summed E-state index contributed by atoms with van der Waals surface area (Å²) >= 11 is 0. The van der Waals surface area contributed by atoms with E-state index in [-0.39, 0.29) is 0 Å². The van der Waals surface area contributed by atoms with E-state index in [1.807, 2.05) is 0 Å². The summed E-state index contributed by atoms with van der Waals surface area (Å²) in [4.78, 5) is 0. The van der Waals surface area contributed by atoms with E-state index < -0.39 is 0 Å². The van der Waals surface area contributed by atoms with Gasteiger partial charge in [-0.2, -0.15) is 0 Å². The molecular weight excluding hydrogens is 196 g/mol. The lowest BCUT2D eigenvalue weighted by molar-refractivity contribution is 0.0844. The molecule has 0 aromatic rings. The van der Waals surface area contributed by atoms with Gasteiger partial charge < -0.3 is 4.74 Å². The average molecular weight is 218 g/mol. The van der Waals surface area contributed by atoms with Gasteiger partial charge in [0.1, 0.15) is 0 Å². The van der Waals surface area contributed by atoms with Gasteiger partial charge >= 0.3 is 0 Å². The Kier molecular flexibility index (Phi) is 1.39. The van der Waals surface area contributed by atoms with Crippen molar-refractivity contribution < 1.29 is 4.74 Å². The van der Waals surface area contributed by atoms with Crippen molar-refractivity contribution in [2.75, 3.05) is 0 Å². The topological polar surface area (TPSA) is 12.5 Å². The molecule has 4 rings (SSSR count). The van der Waals surface area contributed by atoms with Crippen molar-refractivity contribution in [3.63, 3.8) is 0 Å². The molecular formula is C15H22O. The molecule has 4 aliphatic rings. The molecule has 1 saturated heterocycles. The lowest BCUT2D eigenvalue weighted by Gasteiger charge is -2.48. The molecule has 16 heavy (non-hydrogen) atoms. The third-order valence-corrected chi connectivity index (χ3v) is 6.28. The van der Waals surface area contributed by atoms with Crippen molar-refractivity contribution >= 4 is 0 Å². The number of fused-ring (bicyclic) bond motifs is 2. The van der Waals surface area contributed by atoms with Gasteiger partial charge in [-0.15, -0.1) is 0 Å². The summed E-state index contributed by atoms with van der Waals surface area (Å²) in [5, 5.41) is 0. The molecule has 3 aliphatic carbocycles. The molecule has 0 N–H and O–H groups in total. The molecule has 1 nitrogen and oxygen atoms in total. The van der Waals surface area contributed by atoms with Crippen LogP contribution in [0.5, 0.6) is 0 Å². The van der Waals surface area contributed by atoms with Gasteiger partial charge in [0.2, 0.25) is 0 Å². The van der Waals surface area contributed by atoms with Gasteiger partial charge in [0, 0.05) is 5.41 Å². The van der Waals surface area contributed by atoms with Crippen molar-refractivity contribution in [1.82, 2.24) is 0 Å². The molecule has 0 aromatic carbocycles. The molecule has 4 unspecified atom stereocenters. The second-order valence-corrected chi connectivity index (χ2v) is 7.60. The van der Waals surface area contributed by atoms with E-state index in [1.165, 1.54) is 19.3 Å². The highest BCUT2D eigenvalue weighted by molar-refractivity contribution is 5.43. The SMILES string of the molecule is CC1(C)CC2OC2C23CCC(C=C12)C3(C)C. The molecule has 88 valence electrons. The molecule has 4 atom stereocenters. The first-order valence-corrected chi connectivity index (χ1v) is 6.78. The Morgan fingerprint density at radius 2 is 2.00 bits per heavy atom. The fraction of sp³-hybridized carbons (Fsp3) is 0.867. The summed E-state index contributed by atoms with van der Waals surface area (Å²) in [5.41, 5.74) is 2.98. The van der Waals surface area contributed by atoms with Crippen LogP contribution in [0.1, 0.15) is 47.0 Å². The minimum atomic E-state index is 0.379. The summed E-state index contributed by atoms with van der Waals surface area (Å²) in [6.07, 6.45) is 7.77. The molecule has 0 aromatic heterocycles. The number of hydrogen-bond donors (Lipinski definition) is 0. The largest absolute Gasteiger partial charge is 0.369 e. The number of rotatable bonds is 0. The third kappa shape index (κ3) is 0.766. The van der Waals surface area contributed by atoms with Gasteiger partial charge in [0.05, 0.1) is 12.2 Å². The van der Waals surface area contributed by atoms with E-state index in [4.69, 9.17) is 4.74 Å². The highest BCUT2D eigenvalue weighted by atomic mass is 16.6. The number of ether oxygens (including phenoxy) is 1. The van der Waals surface area contributed by atoms with Crippen LogP contribution in [0, 0.1) is 22.2 Å². The maximum absolute atomic E-state index is 6.04. The predicted molar refractivity (Wildman–Crippen MR) is 64.1 cm³/mol. The molecule has 0 amide bonds. The van der Waals surface area contributed by atoms with Crippen molar-refractivity contribution in [3.05, 3.63) is 11.6 Å². The van der Waals surface area contributed by atoms with E-state index >= 15 is 0 Å². The standard InChI is InChI=1S/C15H22O/c1-13(2)8-10-12(16-10)15-6-5-9(7-11(13)15)14(15,3)4/h7,9-10,12H,5-6,8H2,1-4H3. The Balaban J connectivity index is 1.94. The van der Waals surface area contributed by atoms with Crippen LogP contribution < -0.4 is 0 Å². The quantitative estimate of drug-likeness (QED) is 0.447. The Morgan fingerprint density at radius 1 is 1.25 bits per heavy atom. The smallest absolute Gasteiger partial charge is 0.0940 e. The van der Waals surface area contributed by atoms with Crippen LogP contribution in [0.15, 0.2) is 11.6 Å². The maximum atomic E-state index is 6.04. The maximum Gasteiger partial charge on any atom is 0.0940 e. The Hall–Kier alpha value is -0.300. The van der Waals surface area contributed by atoms with Gasteiger partial charge in [-0.1, -0.05) is 39.3 Å². The van der Waals surface area contributed by atoms with Crippen LogP contribution in [0.25, 0.3) is 0 Å². The lowest BCUT2D eigenvalue weighted by Crippen LogP contribution is -2.46. The minimum Gasteiger partial charge on any atom is -0.369 e. The monoisotopic (exact) mass is 218 g/mol. The van der Waals surface area contributed by atoms with E-state index in [1.54, 1.807) is 5.57 Å². The number of epoxide rings is 1. The van der Waals surface area contributed by atoms with Crippen LogP contribution in [0.3, 0.4) is 0 Å². The molecule has 0 radical (unpaired) electrons. The number of hydrogen-bond acceptors (Lipinski definition) is 1. The van der Waals surface area contributed by atoms with E-state index in [9.17, 15) is 0 Å². The van der Waals surface area contributed by atoms with Gasteiger partial charge in [-0.3, -0.25) is 0 Å². The average Bonchev–Trinajstić information content (AvgIpc) is 2.85. The lowest BCUT2D eigenvalue weighted by atomic mass is 9.54. The van der Waals surface area contributed by atoms with Crippen molar-refractivity contribution in [1.29, 1.82) is 0 Å². The molecule has 1 heteroatoms. The summed E-state index contributed by atoms with van der Waals surface area (Å²) in [6, 6.07) is 0. The zero-order chi connectivity index (χ0) is 11.3. The summed E-state index contributed by atoms with van der Waals surface area (Å²) in [5.74, 6) is 0.810. The third-order valence-electron chi connectivity index (χ3n) is 6.28. The van der Waals surface area contributed by atoms with Crippen molar-refractivity contribution in [3.8, 4) is 0 Å². The van der Waals surface area contributed by atoms with Crippen molar-refractivity contribution in [2.24, 2.45) is 22.2 Å². The van der Waals surface area contributed by atoms with Crippen LogP contribution in [0.4, 0.5) is 0 Å². The van der Waals surface area contributed by atoms with Gasteiger partial charge in [-0.25, -0.2) is 0 Å². The van der Waals surface area contributed by atoms with Crippen LogP contribution >= 0.6 is 0 Å². The van der Waals surface area contributed by atoms with Crippen LogP contribution in [-0.2, 0) is 4.74 Å². The first-order valence-electron chi connectivity index (χ1n) is 6.78. The molecule has 1 spiro atoms. The summed E-state index contributed by atoms with van der Waals surface area (Å²) in [6.45, 7) is 9.81. The van der Waals surface area contributed by atoms with Gasteiger partial charge in [0.25, 0.3) is 0 Å². The molecule has 1 aliphatic heterocycles. The fourth-order valence-electron chi connectivity index (χ4n) is 5.36. The van der Waals surface area contributed by atoms with Crippen LogP contribution in [-0.4, -0.2) is 12.2 Å². The normalized spacial score (nSPS) is 54.2.